The van der Waals surface area contributed by atoms with Crippen molar-refractivity contribution in [1.82, 2.24) is 4.90 Å². The zero-order valence-corrected chi connectivity index (χ0v) is 15.3. The summed E-state index contributed by atoms with van der Waals surface area (Å²) in [6.45, 7) is 3.97. The van der Waals surface area contributed by atoms with E-state index in [0.29, 0.717) is 24.8 Å². The van der Waals surface area contributed by atoms with Crippen LogP contribution < -0.4 is 14.8 Å². The summed E-state index contributed by atoms with van der Waals surface area (Å²) in [6.07, 6.45) is 0. The van der Waals surface area contributed by atoms with Crippen molar-refractivity contribution >= 4 is 23.2 Å². The fraction of sp³-hybridized carbons (Fsp3) is 0.316. The fourth-order valence-electron chi connectivity index (χ4n) is 2.18. The lowest BCUT2D eigenvalue weighted by Gasteiger charge is -2.16. The topological polar surface area (TPSA) is 50.8 Å². The van der Waals surface area contributed by atoms with Crippen molar-refractivity contribution in [1.29, 1.82) is 0 Å². The number of amides is 1. The molecule has 5 nitrogen and oxygen atoms in total. The summed E-state index contributed by atoms with van der Waals surface area (Å²) in [7, 11) is 1.88. The number of rotatable bonds is 9. The highest BCUT2D eigenvalue weighted by atomic mass is 35.5. The Morgan fingerprint density at radius 3 is 2.28 bits per heavy atom. The first kappa shape index (κ1) is 19.1. The molecule has 0 bridgehead atoms. The second-order valence-corrected chi connectivity index (χ2v) is 5.98. The molecule has 25 heavy (non-hydrogen) atoms. The zero-order chi connectivity index (χ0) is 18.1. The lowest BCUT2D eigenvalue weighted by atomic mass is 10.3. The van der Waals surface area contributed by atoms with Crippen molar-refractivity contribution in [2.45, 2.75) is 6.92 Å². The molecule has 2 aromatic carbocycles. The number of nitrogens with one attached hydrogen (secondary N) is 1. The van der Waals surface area contributed by atoms with Crippen LogP contribution >= 0.6 is 11.6 Å². The highest BCUT2D eigenvalue weighted by Gasteiger charge is 2.07. The van der Waals surface area contributed by atoms with Crippen molar-refractivity contribution in [3.63, 3.8) is 0 Å². The minimum absolute atomic E-state index is 0.0712. The number of halogens is 1. The summed E-state index contributed by atoms with van der Waals surface area (Å²) in [6, 6.07) is 14.5. The first-order chi connectivity index (χ1) is 12.1. The largest absolute Gasteiger partial charge is 0.494 e. The molecule has 0 saturated carbocycles. The van der Waals surface area contributed by atoms with Crippen LogP contribution in [0, 0.1) is 0 Å². The van der Waals surface area contributed by atoms with Crippen LogP contribution in [0.5, 0.6) is 11.5 Å². The van der Waals surface area contributed by atoms with Crippen molar-refractivity contribution in [2.75, 3.05) is 38.7 Å². The average Bonchev–Trinajstić information content (AvgIpc) is 2.58. The Morgan fingerprint density at radius 1 is 1.04 bits per heavy atom. The van der Waals surface area contributed by atoms with Gasteiger partial charge in [-0.05, 0) is 62.5 Å². The molecule has 1 amide bonds. The summed E-state index contributed by atoms with van der Waals surface area (Å²) < 4.78 is 11.0. The number of ether oxygens (including phenoxy) is 2. The van der Waals surface area contributed by atoms with E-state index in [1.165, 1.54) is 0 Å². The minimum atomic E-state index is -0.0712. The number of benzene rings is 2. The van der Waals surface area contributed by atoms with Crippen LogP contribution in [-0.4, -0.2) is 44.2 Å². The summed E-state index contributed by atoms with van der Waals surface area (Å²) in [4.78, 5) is 14.0. The molecule has 0 unspecified atom stereocenters. The van der Waals surface area contributed by atoms with Gasteiger partial charge in [0.05, 0.1) is 13.2 Å². The van der Waals surface area contributed by atoms with Crippen molar-refractivity contribution in [2.24, 2.45) is 0 Å². The van der Waals surface area contributed by atoms with Crippen molar-refractivity contribution in [3.8, 4) is 11.5 Å². The zero-order valence-electron chi connectivity index (χ0n) is 14.5. The molecule has 0 saturated heterocycles. The van der Waals surface area contributed by atoms with Gasteiger partial charge < -0.3 is 14.8 Å². The maximum atomic E-state index is 12.1. The van der Waals surface area contributed by atoms with Gasteiger partial charge in [0.2, 0.25) is 5.91 Å². The molecule has 0 heterocycles. The van der Waals surface area contributed by atoms with E-state index in [4.69, 9.17) is 21.1 Å². The van der Waals surface area contributed by atoms with E-state index in [0.717, 1.165) is 17.2 Å². The van der Waals surface area contributed by atoms with Crippen molar-refractivity contribution in [3.05, 3.63) is 53.6 Å². The van der Waals surface area contributed by atoms with Gasteiger partial charge in [0.15, 0.2) is 0 Å². The van der Waals surface area contributed by atoms with Gasteiger partial charge in [-0.1, -0.05) is 11.6 Å². The Labute approximate surface area is 153 Å². The number of hydrogen-bond donors (Lipinski definition) is 1. The maximum absolute atomic E-state index is 12.1. The van der Waals surface area contributed by atoms with Crippen molar-refractivity contribution < 1.29 is 14.3 Å². The predicted molar refractivity (Wildman–Crippen MR) is 101 cm³/mol. The molecule has 1 N–H and O–H groups in total. The van der Waals surface area contributed by atoms with Crippen LogP contribution in [-0.2, 0) is 4.79 Å². The standard InChI is InChI=1S/C19H23ClN2O3/c1-3-24-17-10-6-16(7-11-17)21-19(23)14-22(2)12-13-25-18-8-4-15(20)5-9-18/h4-11H,3,12-14H2,1-2H3,(H,21,23). The first-order valence-electron chi connectivity index (χ1n) is 8.16. The van der Waals surface area contributed by atoms with Gasteiger partial charge in [0, 0.05) is 17.3 Å². The second-order valence-electron chi connectivity index (χ2n) is 5.55. The number of anilines is 1. The molecular formula is C19H23ClN2O3. The van der Waals surface area contributed by atoms with Gasteiger partial charge in [-0.2, -0.15) is 0 Å². The van der Waals surface area contributed by atoms with Crippen LogP contribution in [0.3, 0.4) is 0 Å². The lowest BCUT2D eigenvalue weighted by Crippen LogP contribution is -2.33. The van der Waals surface area contributed by atoms with Gasteiger partial charge in [-0.15, -0.1) is 0 Å². The third-order valence-electron chi connectivity index (χ3n) is 3.42. The molecule has 134 valence electrons. The van der Waals surface area contributed by atoms with Gasteiger partial charge in [0.1, 0.15) is 18.1 Å². The Bertz CT molecular complexity index is 659. The van der Waals surface area contributed by atoms with Gasteiger partial charge in [-0.3, -0.25) is 9.69 Å². The molecule has 0 radical (unpaired) electrons. The normalized spacial score (nSPS) is 10.6. The first-order valence-corrected chi connectivity index (χ1v) is 8.54. The molecule has 6 heteroatoms. The quantitative estimate of drug-likeness (QED) is 0.739. The average molecular weight is 363 g/mol. The van der Waals surface area contributed by atoms with E-state index < -0.39 is 0 Å². The molecule has 0 atom stereocenters. The minimum Gasteiger partial charge on any atom is -0.494 e. The number of carbonyl (C=O) groups excluding carboxylic acids is 1. The number of likely N-dealkylation sites (N-methyl/N-ethyl adjacent to an activating group) is 1. The highest BCUT2D eigenvalue weighted by Crippen LogP contribution is 2.16. The third-order valence-corrected chi connectivity index (χ3v) is 3.67. The summed E-state index contributed by atoms with van der Waals surface area (Å²) in [5.74, 6) is 1.48. The molecule has 2 rings (SSSR count). The molecule has 0 aliphatic carbocycles. The van der Waals surface area contributed by atoms with E-state index in [-0.39, 0.29) is 12.5 Å². The Morgan fingerprint density at radius 2 is 1.64 bits per heavy atom. The van der Waals surface area contributed by atoms with E-state index in [9.17, 15) is 4.79 Å². The monoisotopic (exact) mass is 362 g/mol. The highest BCUT2D eigenvalue weighted by molar-refractivity contribution is 6.30. The Kier molecular flexibility index (Phi) is 7.57. The third kappa shape index (κ3) is 7.03. The van der Waals surface area contributed by atoms with Crippen LogP contribution in [0.1, 0.15) is 6.92 Å². The molecule has 0 fully saturated rings. The molecule has 0 aliphatic rings. The molecular weight excluding hydrogens is 340 g/mol. The lowest BCUT2D eigenvalue weighted by molar-refractivity contribution is -0.117. The van der Waals surface area contributed by atoms with E-state index in [1.54, 1.807) is 12.1 Å². The van der Waals surface area contributed by atoms with E-state index in [2.05, 4.69) is 5.32 Å². The van der Waals surface area contributed by atoms with E-state index in [1.807, 2.05) is 55.3 Å². The van der Waals surface area contributed by atoms with Crippen LogP contribution in [0.2, 0.25) is 5.02 Å². The predicted octanol–water partition coefficient (Wildman–Crippen LogP) is 3.69. The molecule has 2 aromatic rings. The SMILES string of the molecule is CCOc1ccc(NC(=O)CN(C)CCOc2ccc(Cl)cc2)cc1. The second kappa shape index (κ2) is 9.91. The number of carbonyl (C=O) groups is 1. The smallest absolute Gasteiger partial charge is 0.238 e. The Balaban J connectivity index is 1.69. The fourth-order valence-corrected chi connectivity index (χ4v) is 2.30. The number of nitrogens with zero attached hydrogens (tertiary/aromatic N) is 1. The molecule has 0 spiro atoms. The maximum Gasteiger partial charge on any atom is 0.238 e. The number of hydrogen-bond acceptors (Lipinski definition) is 4. The molecule has 0 aromatic heterocycles. The summed E-state index contributed by atoms with van der Waals surface area (Å²) in [5.41, 5.74) is 0.749. The Hall–Kier alpha value is -2.24. The van der Waals surface area contributed by atoms with Gasteiger partial charge in [0.25, 0.3) is 0 Å². The van der Waals surface area contributed by atoms with Crippen LogP contribution in [0.25, 0.3) is 0 Å². The van der Waals surface area contributed by atoms with Crippen LogP contribution in [0.4, 0.5) is 5.69 Å². The summed E-state index contributed by atoms with van der Waals surface area (Å²) in [5, 5.41) is 3.54. The van der Waals surface area contributed by atoms with Crippen LogP contribution in [0.15, 0.2) is 48.5 Å². The summed E-state index contributed by atoms with van der Waals surface area (Å²) >= 11 is 5.83. The molecule has 0 aliphatic heterocycles. The van der Waals surface area contributed by atoms with E-state index >= 15 is 0 Å². The van der Waals surface area contributed by atoms with Gasteiger partial charge >= 0.3 is 0 Å². The van der Waals surface area contributed by atoms with Gasteiger partial charge in [-0.25, -0.2) is 0 Å².